The van der Waals surface area contributed by atoms with Crippen LogP contribution in [0.2, 0.25) is 0 Å². The lowest BCUT2D eigenvalue weighted by Crippen LogP contribution is -2.47. The van der Waals surface area contributed by atoms with Crippen molar-refractivity contribution in [3.63, 3.8) is 0 Å². The number of hydrogen-bond acceptors (Lipinski definition) is 6. The third-order valence-electron chi connectivity index (χ3n) is 5.67. The van der Waals surface area contributed by atoms with Crippen molar-refractivity contribution in [2.75, 3.05) is 46.0 Å². The van der Waals surface area contributed by atoms with Crippen molar-refractivity contribution in [2.45, 2.75) is 48.1 Å². The van der Waals surface area contributed by atoms with E-state index in [1.807, 2.05) is 19.0 Å². The number of hydrogen-bond donors (Lipinski definition) is 0. The Morgan fingerprint density at radius 1 is 1.18 bits per heavy atom. The molecule has 0 radical (unpaired) electrons. The zero-order valence-corrected chi connectivity index (χ0v) is 18.3. The lowest BCUT2D eigenvalue weighted by atomic mass is 9.94. The van der Waals surface area contributed by atoms with Gasteiger partial charge in [-0.25, -0.2) is 13.4 Å². The molecule has 28 heavy (non-hydrogen) atoms. The van der Waals surface area contributed by atoms with E-state index in [0.717, 1.165) is 25.9 Å². The normalized spacial score (nSPS) is 20.2. The first-order valence-electron chi connectivity index (χ1n) is 9.91. The predicted molar refractivity (Wildman–Crippen MR) is 111 cm³/mol. The number of likely N-dealkylation sites (N-methyl/N-ethyl adjacent to an activating group) is 1. The number of aromatic nitrogens is 1. The molecule has 3 rings (SSSR count). The number of nitrogens with zero attached hydrogens (tertiary/aromatic N) is 4. The van der Waals surface area contributed by atoms with Gasteiger partial charge >= 0.3 is 0 Å². The highest BCUT2D eigenvalue weighted by Crippen LogP contribution is 2.24. The zero-order valence-electron chi connectivity index (χ0n) is 16.7. The molecule has 0 N–H and O–H groups in total. The number of thioether (sulfide) groups is 1. The third kappa shape index (κ3) is 5.25. The van der Waals surface area contributed by atoms with Gasteiger partial charge in [0, 0.05) is 45.5 Å². The van der Waals surface area contributed by atoms with Gasteiger partial charge in [0.2, 0.25) is 15.9 Å². The van der Waals surface area contributed by atoms with Crippen LogP contribution >= 0.6 is 11.8 Å². The van der Waals surface area contributed by atoms with Crippen LogP contribution in [-0.4, -0.2) is 85.5 Å². The van der Waals surface area contributed by atoms with Crippen molar-refractivity contribution in [1.29, 1.82) is 0 Å². The molecule has 1 saturated heterocycles. The number of amides is 1. The second kappa shape index (κ2) is 9.56. The van der Waals surface area contributed by atoms with Gasteiger partial charge in [0.15, 0.2) is 0 Å². The Morgan fingerprint density at radius 3 is 2.46 bits per heavy atom. The van der Waals surface area contributed by atoms with E-state index < -0.39 is 10.0 Å². The van der Waals surface area contributed by atoms with Crippen LogP contribution in [0.5, 0.6) is 0 Å². The summed E-state index contributed by atoms with van der Waals surface area (Å²) in [5.74, 6) is 0.428. The van der Waals surface area contributed by atoms with Gasteiger partial charge in [-0.15, -0.1) is 0 Å². The van der Waals surface area contributed by atoms with Gasteiger partial charge in [0.05, 0.1) is 10.8 Å². The molecule has 1 aliphatic carbocycles. The summed E-state index contributed by atoms with van der Waals surface area (Å²) >= 11 is 1.36. The van der Waals surface area contributed by atoms with E-state index in [2.05, 4.69) is 9.88 Å². The molecule has 0 unspecified atom stereocenters. The Morgan fingerprint density at radius 2 is 1.86 bits per heavy atom. The lowest BCUT2D eigenvalue weighted by molar-refractivity contribution is -0.129. The van der Waals surface area contributed by atoms with Crippen molar-refractivity contribution in [3.05, 3.63) is 18.3 Å². The van der Waals surface area contributed by atoms with Crippen LogP contribution in [0.3, 0.4) is 0 Å². The molecule has 0 spiro atoms. The van der Waals surface area contributed by atoms with E-state index in [1.54, 1.807) is 12.1 Å². The first-order chi connectivity index (χ1) is 13.4. The van der Waals surface area contributed by atoms with E-state index >= 15 is 0 Å². The molecule has 1 aromatic heterocycles. The summed E-state index contributed by atoms with van der Waals surface area (Å²) in [6, 6.07) is 3.64. The molecule has 2 aliphatic rings. The van der Waals surface area contributed by atoms with Crippen LogP contribution in [0.4, 0.5) is 0 Å². The Labute approximate surface area is 172 Å². The fourth-order valence-electron chi connectivity index (χ4n) is 3.69. The maximum atomic E-state index is 12.7. The smallest absolute Gasteiger partial charge is 0.244 e. The topological polar surface area (TPSA) is 73.8 Å². The average Bonchev–Trinajstić information content (AvgIpc) is 2.72. The van der Waals surface area contributed by atoms with Crippen LogP contribution in [0.25, 0.3) is 0 Å². The van der Waals surface area contributed by atoms with Gasteiger partial charge in [-0.1, -0.05) is 31.0 Å². The summed E-state index contributed by atoms with van der Waals surface area (Å²) in [6.45, 7) is 2.46. The van der Waals surface area contributed by atoms with E-state index in [1.165, 1.54) is 41.5 Å². The molecule has 156 valence electrons. The summed E-state index contributed by atoms with van der Waals surface area (Å²) in [5, 5.41) is 0.669. The first kappa shape index (κ1) is 21.5. The van der Waals surface area contributed by atoms with Crippen molar-refractivity contribution < 1.29 is 13.2 Å². The SMILES string of the molecule is CN1CCN(S(=O)(=O)c2ccc(SCC(=O)N(C)C3CCCCC3)nc2)CC1. The van der Waals surface area contributed by atoms with Gasteiger partial charge in [0.25, 0.3) is 0 Å². The van der Waals surface area contributed by atoms with E-state index in [-0.39, 0.29) is 10.8 Å². The highest BCUT2D eigenvalue weighted by molar-refractivity contribution is 7.99. The van der Waals surface area contributed by atoms with Crippen LogP contribution in [0.1, 0.15) is 32.1 Å². The van der Waals surface area contributed by atoms with E-state index in [0.29, 0.717) is 29.9 Å². The number of sulfonamides is 1. The van der Waals surface area contributed by atoms with E-state index in [9.17, 15) is 13.2 Å². The van der Waals surface area contributed by atoms with Crippen molar-refractivity contribution in [2.24, 2.45) is 0 Å². The molecule has 1 aromatic rings. The molecule has 0 atom stereocenters. The number of carbonyl (C=O) groups is 1. The summed E-state index contributed by atoms with van der Waals surface area (Å²) in [5.41, 5.74) is 0. The van der Waals surface area contributed by atoms with Gasteiger partial charge < -0.3 is 9.80 Å². The highest BCUT2D eigenvalue weighted by Gasteiger charge is 2.28. The first-order valence-corrected chi connectivity index (χ1v) is 12.3. The Bertz CT molecular complexity index is 756. The minimum absolute atomic E-state index is 0.104. The summed E-state index contributed by atoms with van der Waals surface area (Å²) < 4.78 is 27.0. The van der Waals surface area contributed by atoms with Gasteiger partial charge in [0.1, 0.15) is 4.90 Å². The van der Waals surface area contributed by atoms with Crippen molar-refractivity contribution >= 4 is 27.7 Å². The van der Waals surface area contributed by atoms with Gasteiger partial charge in [-0.2, -0.15) is 4.31 Å². The predicted octanol–water partition coefficient (Wildman–Crippen LogP) is 1.90. The summed E-state index contributed by atoms with van der Waals surface area (Å²) in [6.07, 6.45) is 7.24. The monoisotopic (exact) mass is 426 g/mol. The molecule has 0 aromatic carbocycles. The molecule has 9 heteroatoms. The second-order valence-corrected chi connectivity index (χ2v) is 10.6. The van der Waals surface area contributed by atoms with Gasteiger partial charge in [-0.3, -0.25) is 4.79 Å². The van der Waals surface area contributed by atoms with Gasteiger partial charge in [-0.05, 0) is 32.0 Å². The van der Waals surface area contributed by atoms with Crippen LogP contribution in [0, 0.1) is 0 Å². The third-order valence-corrected chi connectivity index (χ3v) is 8.48. The molecule has 2 fully saturated rings. The molecule has 7 nitrogen and oxygen atoms in total. The quantitative estimate of drug-likeness (QED) is 0.647. The minimum atomic E-state index is -3.50. The molecule has 1 aliphatic heterocycles. The van der Waals surface area contributed by atoms with Crippen LogP contribution < -0.4 is 0 Å². The van der Waals surface area contributed by atoms with Crippen LogP contribution in [-0.2, 0) is 14.8 Å². The molecule has 0 bridgehead atoms. The van der Waals surface area contributed by atoms with Crippen molar-refractivity contribution in [3.8, 4) is 0 Å². The zero-order chi connectivity index (χ0) is 20.1. The average molecular weight is 427 g/mol. The molecule has 2 heterocycles. The number of pyridine rings is 1. The molecular weight excluding hydrogens is 396 g/mol. The Hall–Kier alpha value is -1.16. The minimum Gasteiger partial charge on any atom is -0.342 e. The summed E-state index contributed by atoms with van der Waals surface area (Å²) in [4.78, 5) is 20.9. The largest absolute Gasteiger partial charge is 0.342 e. The van der Waals surface area contributed by atoms with E-state index in [4.69, 9.17) is 0 Å². The Balaban J connectivity index is 1.54. The summed E-state index contributed by atoms with van der Waals surface area (Å²) in [7, 11) is 0.376. The lowest BCUT2D eigenvalue weighted by Gasteiger charge is -2.31. The van der Waals surface area contributed by atoms with Crippen LogP contribution in [0.15, 0.2) is 28.3 Å². The number of rotatable bonds is 6. The number of piperazine rings is 1. The maximum Gasteiger partial charge on any atom is 0.244 e. The highest BCUT2D eigenvalue weighted by atomic mass is 32.2. The molecule has 1 amide bonds. The molecule has 1 saturated carbocycles. The van der Waals surface area contributed by atoms with Crippen molar-refractivity contribution in [1.82, 2.24) is 19.1 Å². The fraction of sp³-hybridized carbons (Fsp3) is 0.684. The number of carbonyl (C=O) groups excluding carboxylic acids is 1. The second-order valence-electron chi connectivity index (χ2n) is 7.62. The Kier molecular flexibility index (Phi) is 7.36. The maximum absolute atomic E-state index is 12.7. The fourth-order valence-corrected chi connectivity index (χ4v) is 5.83. The standard InChI is InChI=1S/C19H30N4O3S2/c1-21-10-12-23(13-11-21)28(25,26)17-8-9-18(20-14-17)27-15-19(24)22(2)16-6-4-3-5-7-16/h8-9,14,16H,3-7,10-13,15H2,1-2H3. The molecular formula is C19H30N4O3S2.